The molecular formula is C16H12FNO. The van der Waals surface area contributed by atoms with E-state index in [0.29, 0.717) is 16.9 Å². The number of methoxy groups -OCH3 is 1. The molecule has 2 rings (SSSR count). The van der Waals surface area contributed by atoms with E-state index >= 15 is 0 Å². The van der Waals surface area contributed by atoms with Crippen molar-refractivity contribution in [2.75, 3.05) is 7.11 Å². The van der Waals surface area contributed by atoms with Gasteiger partial charge in [-0.1, -0.05) is 30.3 Å². The molecule has 0 bridgehead atoms. The van der Waals surface area contributed by atoms with Crippen molar-refractivity contribution < 1.29 is 9.13 Å². The molecule has 0 aromatic heterocycles. The Hall–Kier alpha value is -2.60. The summed E-state index contributed by atoms with van der Waals surface area (Å²) in [7, 11) is 1.57. The van der Waals surface area contributed by atoms with Crippen molar-refractivity contribution in [3.8, 4) is 11.8 Å². The molecule has 19 heavy (non-hydrogen) atoms. The van der Waals surface area contributed by atoms with Gasteiger partial charge in [0.05, 0.1) is 18.8 Å². The Morgan fingerprint density at radius 3 is 2.68 bits per heavy atom. The second-order valence-corrected chi connectivity index (χ2v) is 3.92. The van der Waals surface area contributed by atoms with Gasteiger partial charge >= 0.3 is 0 Å². The smallest absolute Gasteiger partial charge is 0.126 e. The minimum atomic E-state index is -0.362. The van der Waals surface area contributed by atoms with Crippen LogP contribution in [0.15, 0.2) is 48.5 Å². The molecule has 0 radical (unpaired) electrons. The van der Waals surface area contributed by atoms with Gasteiger partial charge in [-0.05, 0) is 29.8 Å². The molecule has 0 heterocycles. The number of benzene rings is 2. The van der Waals surface area contributed by atoms with E-state index in [1.54, 1.807) is 25.3 Å². The first-order valence-corrected chi connectivity index (χ1v) is 5.75. The van der Waals surface area contributed by atoms with Gasteiger partial charge < -0.3 is 4.74 Å². The maximum Gasteiger partial charge on any atom is 0.126 e. The topological polar surface area (TPSA) is 33.0 Å². The van der Waals surface area contributed by atoms with Crippen molar-refractivity contribution in [3.63, 3.8) is 0 Å². The third-order valence-electron chi connectivity index (χ3n) is 2.69. The first-order valence-electron chi connectivity index (χ1n) is 5.75. The summed E-state index contributed by atoms with van der Waals surface area (Å²) < 4.78 is 18.4. The second kappa shape index (κ2) is 5.83. The molecule has 0 saturated carbocycles. The monoisotopic (exact) mass is 253 g/mol. The quantitative estimate of drug-likeness (QED) is 0.614. The van der Waals surface area contributed by atoms with Gasteiger partial charge in [-0.15, -0.1) is 0 Å². The molecule has 94 valence electrons. The van der Waals surface area contributed by atoms with Crippen LogP contribution in [0.25, 0.3) is 11.6 Å². The van der Waals surface area contributed by atoms with Gasteiger partial charge in [0.15, 0.2) is 0 Å². The SMILES string of the molecule is COc1ccccc1/C=C(/C#N)c1cccc(F)c1. The number of ether oxygens (including phenoxy) is 1. The summed E-state index contributed by atoms with van der Waals surface area (Å²) in [6, 6.07) is 15.4. The van der Waals surface area contributed by atoms with Crippen molar-refractivity contribution in [2.24, 2.45) is 0 Å². The number of nitrogens with zero attached hydrogens (tertiary/aromatic N) is 1. The zero-order chi connectivity index (χ0) is 13.7. The third-order valence-corrected chi connectivity index (χ3v) is 2.69. The van der Waals surface area contributed by atoms with Gasteiger partial charge in [0.1, 0.15) is 11.6 Å². The largest absolute Gasteiger partial charge is 0.496 e. The van der Waals surface area contributed by atoms with Gasteiger partial charge in [-0.2, -0.15) is 5.26 Å². The highest BCUT2D eigenvalue weighted by atomic mass is 19.1. The standard InChI is InChI=1S/C16H12FNO/c1-19-16-8-3-2-5-13(16)9-14(11-18)12-6-4-7-15(17)10-12/h2-10H,1H3/b14-9-. The fourth-order valence-corrected chi connectivity index (χ4v) is 1.78. The third kappa shape index (κ3) is 2.99. The molecule has 0 unspecified atom stereocenters. The molecule has 0 N–H and O–H groups in total. The van der Waals surface area contributed by atoms with E-state index in [9.17, 15) is 9.65 Å². The van der Waals surface area contributed by atoms with E-state index in [1.165, 1.54) is 12.1 Å². The van der Waals surface area contributed by atoms with Gasteiger partial charge in [0, 0.05) is 5.56 Å². The fraction of sp³-hybridized carbons (Fsp3) is 0.0625. The second-order valence-electron chi connectivity index (χ2n) is 3.92. The summed E-state index contributed by atoms with van der Waals surface area (Å²) in [6.45, 7) is 0. The first kappa shape index (κ1) is 12.8. The molecule has 0 spiro atoms. The van der Waals surface area contributed by atoms with Crippen molar-refractivity contribution in [1.82, 2.24) is 0 Å². The van der Waals surface area contributed by atoms with Crippen molar-refractivity contribution in [1.29, 1.82) is 5.26 Å². The summed E-state index contributed by atoms with van der Waals surface area (Å²) in [6.07, 6.45) is 1.69. The number of halogens is 1. The minimum absolute atomic E-state index is 0.362. The normalized spacial score (nSPS) is 10.9. The van der Waals surface area contributed by atoms with Gasteiger partial charge in [-0.25, -0.2) is 4.39 Å². The predicted molar refractivity (Wildman–Crippen MR) is 72.9 cm³/mol. The number of para-hydroxylation sites is 1. The Morgan fingerprint density at radius 1 is 1.21 bits per heavy atom. The Bertz CT molecular complexity index is 656. The Morgan fingerprint density at radius 2 is 2.00 bits per heavy atom. The molecule has 3 heteroatoms. The molecule has 0 aliphatic heterocycles. The lowest BCUT2D eigenvalue weighted by Gasteiger charge is -2.05. The zero-order valence-electron chi connectivity index (χ0n) is 10.4. The van der Waals surface area contributed by atoms with E-state index < -0.39 is 0 Å². The summed E-state index contributed by atoms with van der Waals surface area (Å²) >= 11 is 0. The molecule has 0 atom stereocenters. The van der Waals surface area contributed by atoms with E-state index in [0.717, 1.165) is 5.56 Å². The highest BCUT2D eigenvalue weighted by molar-refractivity contribution is 5.90. The lowest BCUT2D eigenvalue weighted by atomic mass is 10.0. The molecule has 0 aliphatic rings. The molecule has 0 saturated heterocycles. The van der Waals surface area contributed by atoms with Crippen LogP contribution in [0.4, 0.5) is 4.39 Å². The number of rotatable bonds is 3. The molecule has 2 aromatic carbocycles. The van der Waals surface area contributed by atoms with Crippen LogP contribution in [0.3, 0.4) is 0 Å². The van der Waals surface area contributed by atoms with Crippen LogP contribution >= 0.6 is 0 Å². The highest BCUT2D eigenvalue weighted by Gasteiger charge is 2.05. The molecule has 2 nitrogen and oxygen atoms in total. The molecular weight excluding hydrogens is 241 g/mol. The summed E-state index contributed by atoms with van der Waals surface area (Å²) in [5.41, 5.74) is 1.73. The van der Waals surface area contributed by atoms with Crippen molar-refractivity contribution in [2.45, 2.75) is 0 Å². The van der Waals surface area contributed by atoms with E-state index in [2.05, 4.69) is 6.07 Å². The maximum absolute atomic E-state index is 13.2. The Kier molecular flexibility index (Phi) is 3.94. The van der Waals surface area contributed by atoms with Crippen LogP contribution in [0.1, 0.15) is 11.1 Å². The van der Waals surface area contributed by atoms with Gasteiger partial charge in [0.25, 0.3) is 0 Å². The molecule has 0 aliphatic carbocycles. The Balaban J connectivity index is 2.48. The lowest BCUT2D eigenvalue weighted by molar-refractivity contribution is 0.414. The summed E-state index contributed by atoms with van der Waals surface area (Å²) in [4.78, 5) is 0. The average Bonchev–Trinajstić information content (AvgIpc) is 2.45. The number of nitriles is 1. The Labute approximate surface area is 111 Å². The van der Waals surface area contributed by atoms with Crippen LogP contribution < -0.4 is 4.74 Å². The van der Waals surface area contributed by atoms with Gasteiger partial charge in [-0.3, -0.25) is 0 Å². The zero-order valence-corrected chi connectivity index (χ0v) is 10.4. The van der Waals surface area contributed by atoms with E-state index in [1.807, 2.05) is 24.3 Å². The van der Waals surface area contributed by atoms with Crippen LogP contribution in [-0.4, -0.2) is 7.11 Å². The van der Waals surface area contributed by atoms with Crippen molar-refractivity contribution >= 4 is 11.6 Å². The molecule has 0 amide bonds. The predicted octanol–water partition coefficient (Wildman–Crippen LogP) is 3.90. The van der Waals surface area contributed by atoms with Crippen LogP contribution in [-0.2, 0) is 0 Å². The molecule has 2 aromatic rings. The van der Waals surface area contributed by atoms with Crippen LogP contribution in [0, 0.1) is 17.1 Å². The maximum atomic E-state index is 13.2. The summed E-state index contributed by atoms with van der Waals surface area (Å²) in [5, 5.41) is 9.21. The van der Waals surface area contributed by atoms with Crippen LogP contribution in [0.2, 0.25) is 0 Å². The highest BCUT2D eigenvalue weighted by Crippen LogP contribution is 2.24. The number of hydrogen-bond donors (Lipinski definition) is 0. The molecule has 0 fully saturated rings. The average molecular weight is 253 g/mol. The minimum Gasteiger partial charge on any atom is -0.496 e. The summed E-state index contributed by atoms with van der Waals surface area (Å²) in [5.74, 6) is 0.310. The van der Waals surface area contributed by atoms with Gasteiger partial charge in [0.2, 0.25) is 0 Å². The van der Waals surface area contributed by atoms with Crippen molar-refractivity contribution in [3.05, 3.63) is 65.5 Å². The first-order chi connectivity index (χ1) is 9.24. The lowest BCUT2D eigenvalue weighted by Crippen LogP contribution is -1.88. The van der Waals surface area contributed by atoms with E-state index in [-0.39, 0.29) is 5.82 Å². The van der Waals surface area contributed by atoms with E-state index in [4.69, 9.17) is 4.74 Å². The van der Waals surface area contributed by atoms with Crippen LogP contribution in [0.5, 0.6) is 5.75 Å². The number of allylic oxidation sites excluding steroid dienone is 1. The number of hydrogen-bond acceptors (Lipinski definition) is 2. The fourth-order valence-electron chi connectivity index (χ4n) is 1.78.